The molecule has 1 aromatic carbocycles. The summed E-state index contributed by atoms with van der Waals surface area (Å²) in [4.78, 5) is 1.30. The summed E-state index contributed by atoms with van der Waals surface area (Å²) in [5, 5.41) is 13.7. The summed E-state index contributed by atoms with van der Waals surface area (Å²) in [6.45, 7) is 2.13. The van der Waals surface area contributed by atoms with Crippen LogP contribution in [0.2, 0.25) is 0 Å². The molecule has 0 radical (unpaired) electrons. The minimum Gasteiger partial charge on any atom is -0.385 e. The highest BCUT2D eigenvalue weighted by Crippen LogP contribution is 2.53. The number of hydrogen-bond donors (Lipinski definition) is 1. The lowest BCUT2D eigenvalue weighted by Gasteiger charge is -2.33. The number of benzene rings is 1. The van der Waals surface area contributed by atoms with Gasteiger partial charge in [-0.15, -0.1) is 11.3 Å². The molecule has 0 aliphatic heterocycles. The van der Waals surface area contributed by atoms with Crippen LogP contribution in [0.5, 0.6) is 0 Å². The van der Waals surface area contributed by atoms with Crippen LogP contribution >= 0.6 is 11.3 Å². The summed E-state index contributed by atoms with van der Waals surface area (Å²) < 4.78 is 0. The van der Waals surface area contributed by atoms with Gasteiger partial charge in [-0.25, -0.2) is 0 Å². The normalized spacial score (nSPS) is 31.9. The van der Waals surface area contributed by atoms with Crippen molar-refractivity contribution in [3.05, 3.63) is 57.3 Å². The minimum atomic E-state index is -0.607. The van der Waals surface area contributed by atoms with Crippen molar-refractivity contribution >= 4 is 11.3 Å². The summed E-state index contributed by atoms with van der Waals surface area (Å²) >= 11 is 1.76. The van der Waals surface area contributed by atoms with Crippen LogP contribution in [0.3, 0.4) is 0 Å². The van der Waals surface area contributed by atoms with Crippen molar-refractivity contribution in [3.8, 4) is 0 Å². The first-order chi connectivity index (χ1) is 9.68. The number of aliphatic hydroxyl groups is 1. The lowest BCUT2D eigenvalue weighted by Crippen LogP contribution is -2.36. The van der Waals surface area contributed by atoms with E-state index in [4.69, 9.17) is 0 Å². The maximum Gasteiger partial charge on any atom is 0.0966 e. The highest BCUT2D eigenvalue weighted by Gasteiger charge is 2.51. The average Bonchev–Trinajstić information content (AvgIpc) is 2.94. The van der Waals surface area contributed by atoms with Gasteiger partial charge in [-0.2, -0.15) is 0 Å². The van der Waals surface area contributed by atoms with E-state index in [-0.39, 0.29) is 0 Å². The van der Waals surface area contributed by atoms with Gasteiger partial charge in [0.2, 0.25) is 0 Å². The van der Waals surface area contributed by atoms with Crippen molar-refractivity contribution < 1.29 is 5.11 Å². The number of fused-ring (bicyclic) bond motifs is 3. The summed E-state index contributed by atoms with van der Waals surface area (Å²) in [6, 6.07) is 11.0. The minimum absolute atomic E-state index is 0.380. The maximum atomic E-state index is 11.5. The fourth-order valence-electron chi connectivity index (χ4n) is 4.30. The Hall–Kier alpha value is -1.12. The van der Waals surface area contributed by atoms with Crippen LogP contribution < -0.4 is 0 Å². The molecule has 1 saturated carbocycles. The van der Waals surface area contributed by atoms with Crippen LogP contribution in [0, 0.1) is 18.8 Å². The molecular formula is C18H20OS. The standard InChI is InChI=1S/C18H20OS/c1-12-8-17(11-20-12)18(19)15-6-7-16(18)10-14-5-3-2-4-13(14)9-15/h2-5,8,11,15-16,19H,6-7,9-10H2,1H3. The Balaban J connectivity index is 1.81. The van der Waals surface area contributed by atoms with Crippen LogP contribution in [0.1, 0.15) is 34.4 Å². The van der Waals surface area contributed by atoms with E-state index in [9.17, 15) is 5.11 Å². The van der Waals surface area contributed by atoms with Gasteiger partial charge in [-0.1, -0.05) is 24.3 Å². The topological polar surface area (TPSA) is 20.2 Å². The molecule has 1 fully saturated rings. The zero-order chi connectivity index (χ0) is 13.7. The Morgan fingerprint density at radius 2 is 1.70 bits per heavy atom. The molecule has 2 aliphatic rings. The van der Waals surface area contributed by atoms with Crippen LogP contribution in [-0.2, 0) is 18.4 Å². The third-order valence-electron chi connectivity index (χ3n) is 5.35. The second-order valence-electron chi connectivity index (χ2n) is 6.42. The van der Waals surface area contributed by atoms with Crippen molar-refractivity contribution in [2.24, 2.45) is 11.8 Å². The molecular weight excluding hydrogens is 264 g/mol. The summed E-state index contributed by atoms with van der Waals surface area (Å²) in [5.41, 5.74) is 3.46. The molecule has 0 amide bonds. The summed E-state index contributed by atoms with van der Waals surface area (Å²) in [6.07, 6.45) is 4.37. The Morgan fingerprint density at radius 1 is 1.10 bits per heavy atom. The van der Waals surface area contributed by atoms with E-state index >= 15 is 0 Å². The first-order valence-corrected chi connectivity index (χ1v) is 8.40. The molecule has 2 aromatic rings. The molecule has 2 unspecified atom stereocenters. The van der Waals surface area contributed by atoms with E-state index in [1.54, 1.807) is 11.3 Å². The Morgan fingerprint density at radius 3 is 2.20 bits per heavy atom. The van der Waals surface area contributed by atoms with Gasteiger partial charge in [0.05, 0.1) is 5.60 Å². The predicted molar refractivity (Wildman–Crippen MR) is 83.0 cm³/mol. The fraction of sp³-hybridized carbons (Fsp3) is 0.444. The summed E-state index contributed by atoms with van der Waals surface area (Å²) in [7, 11) is 0. The highest BCUT2D eigenvalue weighted by molar-refractivity contribution is 7.10. The van der Waals surface area contributed by atoms with Crippen LogP contribution in [0.25, 0.3) is 0 Å². The second-order valence-corrected chi connectivity index (χ2v) is 7.53. The predicted octanol–water partition coefficient (Wildman–Crippen LogP) is 4.07. The third-order valence-corrected chi connectivity index (χ3v) is 6.21. The molecule has 0 spiro atoms. The first kappa shape index (κ1) is 12.6. The molecule has 4 rings (SSSR count). The van der Waals surface area contributed by atoms with Crippen LogP contribution in [0.4, 0.5) is 0 Å². The smallest absolute Gasteiger partial charge is 0.0966 e. The van der Waals surface area contributed by atoms with E-state index < -0.39 is 5.60 Å². The zero-order valence-electron chi connectivity index (χ0n) is 11.8. The van der Waals surface area contributed by atoms with Crippen molar-refractivity contribution in [1.82, 2.24) is 0 Å². The molecule has 2 aliphatic carbocycles. The molecule has 1 heterocycles. The van der Waals surface area contributed by atoms with Crippen LogP contribution in [0.15, 0.2) is 35.7 Å². The number of rotatable bonds is 1. The van der Waals surface area contributed by atoms with Gasteiger partial charge in [0, 0.05) is 4.88 Å². The van der Waals surface area contributed by atoms with Gasteiger partial charge in [-0.05, 0) is 72.6 Å². The largest absolute Gasteiger partial charge is 0.385 e. The van der Waals surface area contributed by atoms with Gasteiger partial charge in [-0.3, -0.25) is 0 Å². The van der Waals surface area contributed by atoms with E-state index in [1.807, 2.05) is 0 Å². The molecule has 2 bridgehead atoms. The molecule has 104 valence electrons. The number of thiophene rings is 1. The van der Waals surface area contributed by atoms with E-state index in [0.717, 1.165) is 25.7 Å². The quantitative estimate of drug-likeness (QED) is 0.837. The second kappa shape index (κ2) is 4.44. The molecule has 1 nitrogen and oxygen atoms in total. The molecule has 2 heteroatoms. The van der Waals surface area contributed by atoms with E-state index in [1.165, 1.54) is 21.6 Å². The van der Waals surface area contributed by atoms with Crippen LogP contribution in [-0.4, -0.2) is 5.11 Å². The third kappa shape index (κ3) is 1.71. The highest BCUT2D eigenvalue weighted by atomic mass is 32.1. The van der Waals surface area contributed by atoms with Crippen molar-refractivity contribution in [1.29, 1.82) is 0 Å². The molecule has 0 saturated heterocycles. The Kier molecular flexibility index (Phi) is 2.80. The maximum absolute atomic E-state index is 11.5. The Labute approximate surface area is 124 Å². The Bertz CT molecular complexity index is 609. The van der Waals surface area contributed by atoms with Gasteiger partial charge < -0.3 is 5.11 Å². The van der Waals surface area contributed by atoms with Crippen molar-refractivity contribution in [2.45, 2.75) is 38.2 Å². The van der Waals surface area contributed by atoms with E-state index in [2.05, 4.69) is 42.6 Å². The van der Waals surface area contributed by atoms with Gasteiger partial charge in [0.15, 0.2) is 0 Å². The number of aryl methyl sites for hydroxylation is 1. The summed E-state index contributed by atoms with van der Waals surface area (Å²) in [5.74, 6) is 0.760. The van der Waals surface area contributed by atoms with Crippen molar-refractivity contribution in [2.75, 3.05) is 0 Å². The average molecular weight is 284 g/mol. The number of hydrogen-bond acceptors (Lipinski definition) is 2. The van der Waals surface area contributed by atoms with Gasteiger partial charge in [0.1, 0.15) is 0 Å². The first-order valence-electron chi connectivity index (χ1n) is 7.52. The molecule has 2 atom stereocenters. The molecule has 1 N–H and O–H groups in total. The van der Waals surface area contributed by atoms with Crippen molar-refractivity contribution in [3.63, 3.8) is 0 Å². The fourth-order valence-corrected chi connectivity index (χ4v) is 5.07. The monoisotopic (exact) mass is 284 g/mol. The van der Waals surface area contributed by atoms with Gasteiger partial charge in [0.25, 0.3) is 0 Å². The molecule has 1 aromatic heterocycles. The molecule has 20 heavy (non-hydrogen) atoms. The van der Waals surface area contributed by atoms with Gasteiger partial charge >= 0.3 is 0 Å². The lowest BCUT2D eigenvalue weighted by molar-refractivity contribution is -0.0391. The zero-order valence-corrected chi connectivity index (χ0v) is 12.6. The van der Waals surface area contributed by atoms with E-state index in [0.29, 0.717) is 11.8 Å². The SMILES string of the molecule is Cc1cc(C2(O)C3CCC2Cc2ccccc2C3)cs1. The lowest BCUT2D eigenvalue weighted by atomic mass is 9.78.